The summed E-state index contributed by atoms with van der Waals surface area (Å²) in [5.41, 5.74) is 1.49. The standard InChI is InChI=1S/C21H33N3O2S.HI/c1-4-22-19(24-14-15-27(25,26)20(2,3)17-24)23-16-21(12-8-9-13-21)18-10-6-5-7-11-18;/h5-7,10-11H,4,8-9,12-17H2,1-3H3,(H,22,23);1H. The first-order chi connectivity index (χ1) is 12.8. The van der Waals surface area contributed by atoms with Crippen molar-refractivity contribution in [1.29, 1.82) is 0 Å². The number of hydrogen-bond donors (Lipinski definition) is 1. The van der Waals surface area contributed by atoms with Crippen molar-refractivity contribution in [3.8, 4) is 0 Å². The van der Waals surface area contributed by atoms with Crippen molar-refractivity contribution in [3.05, 3.63) is 35.9 Å². The average Bonchev–Trinajstić information content (AvgIpc) is 3.12. The van der Waals surface area contributed by atoms with E-state index in [1.807, 2.05) is 13.8 Å². The lowest BCUT2D eigenvalue weighted by Crippen LogP contribution is -2.57. The van der Waals surface area contributed by atoms with Gasteiger partial charge in [-0.15, -0.1) is 24.0 Å². The largest absolute Gasteiger partial charge is 0.357 e. The van der Waals surface area contributed by atoms with Gasteiger partial charge < -0.3 is 10.2 Å². The summed E-state index contributed by atoms with van der Waals surface area (Å²) in [4.78, 5) is 7.14. The average molecular weight is 519 g/mol. The zero-order chi connectivity index (χ0) is 19.5. The first-order valence-electron chi connectivity index (χ1n) is 10.1. The van der Waals surface area contributed by atoms with Crippen molar-refractivity contribution < 1.29 is 8.42 Å². The molecule has 0 amide bonds. The van der Waals surface area contributed by atoms with Crippen LogP contribution in [0.4, 0.5) is 0 Å². The summed E-state index contributed by atoms with van der Waals surface area (Å²) in [6.45, 7) is 8.23. The van der Waals surface area contributed by atoms with Gasteiger partial charge in [0.05, 0.1) is 17.0 Å². The Bertz CT molecular complexity index is 772. The van der Waals surface area contributed by atoms with Crippen molar-refractivity contribution in [3.63, 3.8) is 0 Å². The van der Waals surface area contributed by atoms with Crippen LogP contribution in [0.3, 0.4) is 0 Å². The van der Waals surface area contributed by atoms with Gasteiger partial charge in [-0.25, -0.2) is 8.42 Å². The van der Waals surface area contributed by atoms with E-state index >= 15 is 0 Å². The molecule has 0 atom stereocenters. The van der Waals surface area contributed by atoms with Crippen LogP contribution in [-0.4, -0.2) is 56.0 Å². The Labute approximate surface area is 187 Å². The topological polar surface area (TPSA) is 61.8 Å². The molecule has 7 heteroatoms. The fraction of sp³-hybridized carbons (Fsp3) is 0.667. The van der Waals surface area contributed by atoms with Crippen LogP contribution in [0.5, 0.6) is 0 Å². The Morgan fingerprint density at radius 2 is 1.82 bits per heavy atom. The molecule has 1 saturated heterocycles. The normalized spacial score (nSPS) is 23.1. The third kappa shape index (κ3) is 4.83. The molecule has 1 aliphatic carbocycles. The molecule has 1 aromatic rings. The van der Waals surface area contributed by atoms with E-state index in [0.717, 1.165) is 19.0 Å². The van der Waals surface area contributed by atoms with Gasteiger partial charge in [-0.1, -0.05) is 43.2 Å². The summed E-state index contributed by atoms with van der Waals surface area (Å²) in [6.07, 6.45) is 4.82. The van der Waals surface area contributed by atoms with Crippen molar-refractivity contribution in [1.82, 2.24) is 10.2 Å². The molecule has 158 valence electrons. The second-order valence-electron chi connectivity index (χ2n) is 8.52. The molecule has 28 heavy (non-hydrogen) atoms. The van der Waals surface area contributed by atoms with Gasteiger partial charge in [0.15, 0.2) is 15.8 Å². The quantitative estimate of drug-likeness (QED) is 0.375. The van der Waals surface area contributed by atoms with E-state index < -0.39 is 14.6 Å². The predicted octanol–water partition coefficient (Wildman–Crippen LogP) is 3.59. The van der Waals surface area contributed by atoms with Crippen LogP contribution in [0.2, 0.25) is 0 Å². The molecule has 1 saturated carbocycles. The zero-order valence-corrected chi connectivity index (χ0v) is 20.4. The summed E-state index contributed by atoms with van der Waals surface area (Å²) in [5, 5.41) is 3.39. The maximum absolute atomic E-state index is 12.3. The molecule has 1 N–H and O–H groups in total. The van der Waals surface area contributed by atoms with E-state index in [4.69, 9.17) is 4.99 Å². The van der Waals surface area contributed by atoms with E-state index in [9.17, 15) is 8.42 Å². The molecule has 1 aromatic carbocycles. The molecular weight excluding hydrogens is 485 g/mol. The number of sulfone groups is 1. The fourth-order valence-electron chi connectivity index (χ4n) is 4.36. The van der Waals surface area contributed by atoms with Crippen molar-refractivity contribution in [2.24, 2.45) is 4.99 Å². The van der Waals surface area contributed by atoms with Gasteiger partial charge in [-0.05, 0) is 39.2 Å². The van der Waals surface area contributed by atoms with Gasteiger partial charge in [0, 0.05) is 25.0 Å². The molecule has 2 fully saturated rings. The smallest absolute Gasteiger partial charge is 0.194 e. The van der Waals surface area contributed by atoms with Gasteiger partial charge >= 0.3 is 0 Å². The van der Waals surface area contributed by atoms with Gasteiger partial charge in [0.25, 0.3) is 0 Å². The summed E-state index contributed by atoms with van der Waals surface area (Å²) >= 11 is 0. The predicted molar refractivity (Wildman–Crippen MR) is 127 cm³/mol. The number of hydrogen-bond acceptors (Lipinski definition) is 3. The minimum atomic E-state index is -3.05. The van der Waals surface area contributed by atoms with Gasteiger partial charge in [0.2, 0.25) is 0 Å². The monoisotopic (exact) mass is 519 g/mol. The van der Waals surface area contributed by atoms with Crippen LogP contribution in [0.15, 0.2) is 35.3 Å². The Kier molecular flexibility index (Phi) is 7.81. The Balaban J connectivity index is 0.00000280. The lowest BCUT2D eigenvalue weighted by Gasteiger charge is -2.39. The third-order valence-corrected chi connectivity index (χ3v) is 8.69. The number of rotatable bonds is 4. The van der Waals surface area contributed by atoms with Gasteiger partial charge in [0.1, 0.15) is 0 Å². The lowest BCUT2D eigenvalue weighted by molar-refractivity contribution is 0.350. The Hall–Kier alpha value is -0.830. The second kappa shape index (κ2) is 9.32. The molecule has 1 heterocycles. The van der Waals surface area contributed by atoms with Crippen molar-refractivity contribution >= 4 is 39.8 Å². The molecule has 0 aromatic heterocycles. The van der Waals surface area contributed by atoms with Gasteiger partial charge in [-0.3, -0.25) is 4.99 Å². The number of benzene rings is 1. The summed E-state index contributed by atoms with van der Waals surface area (Å²) < 4.78 is 23.9. The number of nitrogens with zero attached hydrogens (tertiary/aromatic N) is 2. The van der Waals surface area contributed by atoms with E-state index in [0.29, 0.717) is 13.1 Å². The van der Waals surface area contributed by atoms with Crippen molar-refractivity contribution in [2.75, 3.05) is 31.9 Å². The molecule has 2 aliphatic rings. The second-order valence-corrected chi connectivity index (χ2v) is 11.3. The molecule has 0 spiro atoms. The highest BCUT2D eigenvalue weighted by Gasteiger charge is 2.41. The van der Waals surface area contributed by atoms with Crippen LogP contribution in [-0.2, 0) is 15.3 Å². The lowest BCUT2D eigenvalue weighted by atomic mass is 9.79. The van der Waals surface area contributed by atoms with Crippen LogP contribution < -0.4 is 5.32 Å². The van der Waals surface area contributed by atoms with Crippen molar-refractivity contribution in [2.45, 2.75) is 56.6 Å². The summed E-state index contributed by atoms with van der Waals surface area (Å²) in [6, 6.07) is 10.7. The zero-order valence-electron chi connectivity index (χ0n) is 17.3. The number of halogens is 1. The van der Waals surface area contributed by atoms with Crippen LogP contribution in [0, 0.1) is 0 Å². The highest BCUT2D eigenvalue weighted by molar-refractivity contribution is 14.0. The van der Waals surface area contributed by atoms with E-state index in [1.54, 1.807) is 0 Å². The minimum absolute atomic E-state index is 0. The highest BCUT2D eigenvalue weighted by Crippen LogP contribution is 2.41. The molecular formula is C21H34IN3O2S. The Morgan fingerprint density at radius 3 is 2.39 bits per heavy atom. The van der Waals surface area contributed by atoms with E-state index in [2.05, 4.69) is 47.5 Å². The minimum Gasteiger partial charge on any atom is -0.357 e. The van der Waals surface area contributed by atoms with Gasteiger partial charge in [-0.2, -0.15) is 0 Å². The molecule has 5 nitrogen and oxygen atoms in total. The summed E-state index contributed by atoms with van der Waals surface area (Å²) in [5.74, 6) is 1.04. The maximum Gasteiger partial charge on any atom is 0.194 e. The fourth-order valence-corrected chi connectivity index (χ4v) is 5.72. The van der Waals surface area contributed by atoms with Crippen LogP contribution in [0.25, 0.3) is 0 Å². The SMILES string of the molecule is CCNC(=NCC1(c2ccccc2)CCCC1)N1CCS(=O)(=O)C(C)(C)C1.I. The first-order valence-corrected chi connectivity index (χ1v) is 11.8. The van der Waals surface area contributed by atoms with Crippen LogP contribution >= 0.6 is 24.0 Å². The van der Waals surface area contributed by atoms with E-state index in [-0.39, 0.29) is 35.1 Å². The van der Waals surface area contributed by atoms with Crippen LogP contribution in [0.1, 0.15) is 52.0 Å². The molecule has 3 rings (SSSR count). The van der Waals surface area contributed by atoms with E-state index in [1.165, 1.54) is 31.2 Å². The third-order valence-electron chi connectivity index (χ3n) is 6.16. The summed E-state index contributed by atoms with van der Waals surface area (Å²) in [7, 11) is -3.05. The number of guanidine groups is 1. The molecule has 0 bridgehead atoms. The molecule has 0 radical (unpaired) electrons. The number of nitrogens with one attached hydrogen (secondary N) is 1. The highest BCUT2D eigenvalue weighted by atomic mass is 127. The number of aliphatic imine (C=N–C) groups is 1. The molecule has 1 aliphatic heterocycles. The first kappa shape index (κ1) is 23.4. The Morgan fingerprint density at radius 1 is 1.18 bits per heavy atom. The maximum atomic E-state index is 12.3. The molecule has 0 unspecified atom stereocenters.